The van der Waals surface area contributed by atoms with Gasteiger partial charge in [0.25, 0.3) is 10.0 Å². The van der Waals surface area contributed by atoms with Gasteiger partial charge in [0.15, 0.2) is 0 Å². The third-order valence-corrected chi connectivity index (χ3v) is 6.58. The van der Waals surface area contributed by atoms with Crippen LogP contribution in [0.25, 0.3) is 0 Å². The first-order valence-electron chi connectivity index (χ1n) is 6.83. The summed E-state index contributed by atoms with van der Waals surface area (Å²) in [4.78, 5) is 11.1. The van der Waals surface area contributed by atoms with Crippen LogP contribution in [0.5, 0.6) is 0 Å². The van der Waals surface area contributed by atoms with Gasteiger partial charge in [-0.05, 0) is 37.6 Å². The van der Waals surface area contributed by atoms with Crippen molar-refractivity contribution in [3.8, 4) is 0 Å². The summed E-state index contributed by atoms with van der Waals surface area (Å²) in [6.45, 7) is 2.93. The molecule has 0 radical (unpaired) electrons. The first-order chi connectivity index (χ1) is 10.7. The van der Waals surface area contributed by atoms with Gasteiger partial charge in [-0.15, -0.1) is 11.3 Å². The zero-order chi connectivity index (χ0) is 17.2. The third kappa shape index (κ3) is 3.72. The number of carboxylic acids is 1. The summed E-state index contributed by atoms with van der Waals surface area (Å²) in [5.74, 6) is -1.16. The van der Waals surface area contributed by atoms with Crippen molar-refractivity contribution < 1.29 is 23.4 Å². The Hall–Kier alpha value is -1.90. The summed E-state index contributed by atoms with van der Waals surface area (Å²) in [5, 5.41) is 18.8. The van der Waals surface area contributed by atoms with Gasteiger partial charge < -0.3 is 10.2 Å². The van der Waals surface area contributed by atoms with Crippen molar-refractivity contribution in [2.75, 3.05) is 10.8 Å². The van der Waals surface area contributed by atoms with Crippen LogP contribution in [0.3, 0.4) is 0 Å². The molecule has 0 saturated heterocycles. The highest BCUT2D eigenvalue weighted by molar-refractivity contribution is 7.94. The lowest BCUT2D eigenvalue weighted by atomic mass is 10.3. The Labute approximate surface area is 138 Å². The SMILES string of the molecule is Cc1cc(S(=O)(=O)N(CC(C)O)c2ccccc2)sc1C(=O)O. The largest absolute Gasteiger partial charge is 0.477 e. The van der Waals surface area contributed by atoms with E-state index in [-0.39, 0.29) is 15.6 Å². The molecule has 1 aromatic carbocycles. The number of aromatic carboxylic acids is 1. The van der Waals surface area contributed by atoms with Crippen LogP contribution in [0.15, 0.2) is 40.6 Å². The van der Waals surface area contributed by atoms with Crippen molar-refractivity contribution in [1.82, 2.24) is 0 Å². The van der Waals surface area contributed by atoms with Crippen molar-refractivity contribution in [2.24, 2.45) is 0 Å². The van der Waals surface area contributed by atoms with E-state index in [1.54, 1.807) is 37.3 Å². The van der Waals surface area contributed by atoms with E-state index < -0.39 is 22.1 Å². The smallest absolute Gasteiger partial charge is 0.346 e. The summed E-state index contributed by atoms with van der Waals surface area (Å²) < 4.78 is 26.8. The van der Waals surface area contributed by atoms with Gasteiger partial charge in [0.05, 0.1) is 18.3 Å². The molecule has 1 atom stereocenters. The summed E-state index contributed by atoms with van der Waals surface area (Å²) in [5.41, 5.74) is 0.808. The molecule has 2 N–H and O–H groups in total. The molecule has 0 aliphatic carbocycles. The van der Waals surface area contributed by atoms with E-state index in [9.17, 15) is 18.3 Å². The number of nitrogens with zero attached hydrogens (tertiary/aromatic N) is 1. The number of carbonyl (C=O) groups is 1. The number of thiophene rings is 1. The molecule has 0 aliphatic heterocycles. The molecule has 0 bridgehead atoms. The molecular weight excluding hydrogens is 338 g/mol. The summed E-state index contributed by atoms with van der Waals surface area (Å²) >= 11 is 0.714. The standard InChI is InChI=1S/C15H17NO5S2/c1-10-8-13(22-14(10)15(18)19)23(20,21)16(9-11(2)17)12-6-4-3-5-7-12/h3-8,11,17H,9H2,1-2H3,(H,18,19). The number of aliphatic hydroxyl groups excluding tert-OH is 1. The van der Waals surface area contributed by atoms with Crippen LogP contribution in [0.1, 0.15) is 22.2 Å². The predicted octanol–water partition coefficient (Wildman–Crippen LogP) is 2.33. The van der Waals surface area contributed by atoms with Gasteiger partial charge in [-0.1, -0.05) is 18.2 Å². The van der Waals surface area contributed by atoms with E-state index in [0.29, 0.717) is 22.6 Å². The monoisotopic (exact) mass is 355 g/mol. The molecule has 2 aromatic rings. The van der Waals surface area contributed by atoms with Gasteiger partial charge in [0, 0.05) is 0 Å². The Kier molecular flexibility index (Phi) is 5.08. The fraction of sp³-hybridized carbons (Fsp3) is 0.267. The molecule has 1 aromatic heterocycles. The molecule has 0 amide bonds. The van der Waals surface area contributed by atoms with Crippen LogP contribution < -0.4 is 4.31 Å². The van der Waals surface area contributed by atoms with Gasteiger partial charge in [0.2, 0.25) is 0 Å². The van der Waals surface area contributed by atoms with E-state index in [4.69, 9.17) is 5.11 Å². The lowest BCUT2D eigenvalue weighted by Crippen LogP contribution is -2.36. The van der Waals surface area contributed by atoms with E-state index >= 15 is 0 Å². The van der Waals surface area contributed by atoms with Crippen molar-refractivity contribution in [1.29, 1.82) is 0 Å². The number of aliphatic hydroxyl groups is 1. The highest BCUT2D eigenvalue weighted by Gasteiger charge is 2.29. The fourth-order valence-electron chi connectivity index (χ4n) is 2.08. The van der Waals surface area contributed by atoms with Gasteiger partial charge in [-0.2, -0.15) is 0 Å². The molecular formula is C15H17NO5S2. The number of para-hydroxylation sites is 1. The van der Waals surface area contributed by atoms with Gasteiger partial charge >= 0.3 is 5.97 Å². The Morgan fingerprint density at radius 3 is 2.39 bits per heavy atom. The fourth-order valence-corrected chi connectivity index (χ4v) is 5.12. The predicted molar refractivity (Wildman–Crippen MR) is 88.7 cm³/mol. The summed E-state index contributed by atoms with van der Waals surface area (Å²) in [7, 11) is -3.96. The second kappa shape index (κ2) is 6.69. The second-order valence-electron chi connectivity index (χ2n) is 5.10. The molecule has 1 unspecified atom stereocenters. The van der Waals surface area contributed by atoms with Crippen LogP contribution >= 0.6 is 11.3 Å². The Bertz CT molecular complexity index is 797. The highest BCUT2D eigenvalue weighted by atomic mass is 32.2. The Morgan fingerprint density at radius 2 is 1.91 bits per heavy atom. The van der Waals surface area contributed by atoms with Crippen molar-refractivity contribution in [2.45, 2.75) is 24.2 Å². The van der Waals surface area contributed by atoms with Crippen LogP contribution in [0.4, 0.5) is 5.69 Å². The average Bonchev–Trinajstić information content (AvgIpc) is 2.88. The summed E-state index contributed by atoms with van der Waals surface area (Å²) in [6.07, 6.45) is -0.870. The second-order valence-corrected chi connectivity index (χ2v) is 8.24. The van der Waals surface area contributed by atoms with Crippen LogP contribution in [-0.4, -0.2) is 37.2 Å². The highest BCUT2D eigenvalue weighted by Crippen LogP contribution is 2.31. The zero-order valence-corrected chi connectivity index (χ0v) is 14.3. The van der Waals surface area contributed by atoms with Crippen LogP contribution in [0.2, 0.25) is 0 Å². The number of hydrogen-bond donors (Lipinski definition) is 2. The number of benzene rings is 1. The van der Waals surface area contributed by atoms with E-state index in [2.05, 4.69) is 0 Å². The van der Waals surface area contributed by atoms with Crippen molar-refractivity contribution in [3.05, 3.63) is 46.8 Å². The zero-order valence-electron chi connectivity index (χ0n) is 12.6. The average molecular weight is 355 g/mol. The van der Waals surface area contributed by atoms with Crippen LogP contribution in [-0.2, 0) is 10.0 Å². The lowest BCUT2D eigenvalue weighted by molar-refractivity contribution is 0.0701. The summed E-state index contributed by atoms with van der Waals surface area (Å²) in [6, 6.07) is 9.75. The van der Waals surface area contributed by atoms with Crippen molar-refractivity contribution >= 4 is 33.0 Å². The maximum Gasteiger partial charge on any atom is 0.346 e. The molecule has 6 nitrogen and oxygen atoms in total. The third-order valence-electron chi connectivity index (χ3n) is 3.11. The first-order valence-corrected chi connectivity index (χ1v) is 9.08. The molecule has 0 aliphatic rings. The minimum Gasteiger partial charge on any atom is -0.477 e. The van der Waals surface area contributed by atoms with E-state index in [1.807, 2.05) is 0 Å². The molecule has 124 valence electrons. The number of aryl methyl sites for hydroxylation is 1. The maximum absolute atomic E-state index is 12.9. The number of sulfonamides is 1. The molecule has 1 heterocycles. The van der Waals surface area contributed by atoms with E-state index in [1.165, 1.54) is 13.0 Å². The number of rotatable bonds is 6. The normalized spacial score (nSPS) is 12.8. The topological polar surface area (TPSA) is 94.9 Å². The quantitative estimate of drug-likeness (QED) is 0.829. The first kappa shape index (κ1) is 17.5. The molecule has 0 spiro atoms. The van der Waals surface area contributed by atoms with Gasteiger partial charge in [0.1, 0.15) is 9.09 Å². The molecule has 0 saturated carbocycles. The number of hydrogen-bond acceptors (Lipinski definition) is 5. The van der Waals surface area contributed by atoms with Gasteiger partial charge in [-0.25, -0.2) is 13.2 Å². The minimum atomic E-state index is -3.96. The Morgan fingerprint density at radius 1 is 1.30 bits per heavy atom. The van der Waals surface area contributed by atoms with Crippen LogP contribution in [0, 0.1) is 6.92 Å². The molecule has 8 heteroatoms. The molecule has 2 rings (SSSR count). The van der Waals surface area contributed by atoms with Crippen molar-refractivity contribution in [3.63, 3.8) is 0 Å². The minimum absolute atomic E-state index is 0.00589. The number of carboxylic acid groups (broad SMARTS) is 1. The Balaban J connectivity index is 2.52. The molecule has 23 heavy (non-hydrogen) atoms. The number of anilines is 1. The molecule has 0 fully saturated rings. The maximum atomic E-state index is 12.9. The van der Waals surface area contributed by atoms with E-state index in [0.717, 1.165) is 4.31 Å². The van der Waals surface area contributed by atoms with Gasteiger partial charge in [-0.3, -0.25) is 4.31 Å². The lowest BCUT2D eigenvalue weighted by Gasteiger charge is -2.25.